The van der Waals surface area contributed by atoms with Gasteiger partial charge in [0.2, 0.25) is 0 Å². The van der Waals surface area contributed by atoms with E-state index < -0.39 is 12.7 Å². The summed E-state index contributed by atoms with van der Waals surface area (Å²) in [5.74, 6) is 1.40. The molecule has 1 aliphatic heterocycles. The summed E-state index contributed by atoms with van der Waals surface area (Å²) < 4.78 is 47.5. The minimum atomic E-state index is -4.16. The summed E-state index contributed by atoms with van der Waals surface area (Å²) in [4.78, 5) is 13.4. The number of likely N-dealkylation sites (tertiary alicyclic amines) is 1. The number of hydrogen-bond acceptors (Lipinski definition) is 4. The Bertz CT molecular complexity index is 618. The van der Waals surface area contributed by atoms with Gasteiger partial charge in [-0.1, -0.05) is 6.07 Å². The summed E-state index contributed by atoms with van der Waals surface area (Å²) >= 11 is 0. The van der Waals surface area contributed by atoms with Crippen molar-refractivity contribution in [1.29, 1.82) is 0 Å². The number of urea groups is 1. The van der Waals surface area contributed by atoms with Gasteiger partial charge in [0, 0.05) is 13.1 Å². The number of benzene rings is 1. The smallest absolute Gasteiger partial charge is 0.401 e. The second-order valence-electron chi connectivity index (χ2n) is 6.59. The van der Waals surface area contributed by atoms with Crippen LogP contribution in [0.5, 0.6) is 11.5 Å². The van der Waals surface area contributed by atoms with Gasteiger partial charge in [0.25, 0.3) is 0 Å². The van der Waals surface area contributed by atoms with Gasteiger partial charge in [-0.05, 0) is 49.5 Å². The number of nitrogens with zero attached hydrogens (tertiary/aromatic N) is 1. The van der Waals surface area contributed by atoms with Gasteiger partial charge in [0.1, 0.15) is 0 Å². The Morgan fingerprint density at radius 1 is 1.15 bits per heavy atom. The number of rotatable bonds is 7. The lowest BCUT2D eigenvalue weighted by molar-refractivity contribution is -0.148. The largest absolute Gasteiger partial charge is 0.493 e. The number of nitrogens with one attached hydrogen (secondary N) is 2. The summed E-state index contributed by atoms with van der Waals surface area (Å²) in [6.45, 7) is 0.727. The Morgan fingerprint density at radius 3 is 2.41 bits per heavy atom. The fourth-order valence-electron chi connectivity index (χ4n) is 3.07. The van der Waals surface area contributed by atoms with E-state index in [4.69, 9.17) is 9.47 Å². The Balaban J connectivity index is 1.68. The van der Waals surface area contributed by atoms with Crippen LogP contribution in [0.15, 0.2) is 18.2 Å². The monoisotopic (exact) mass is 389 g/mol. The molecule has 6 nitrogen and oxygen atoms in total. The number of carbonyl (C=O) groups excluding carboxylic acids is 1. The SMILES string of the molecule is COc1ccc(CNC(=O)NCC2CCN(CC(F)(F)F)CC2)cc1OC. The molecule has 27 heavy (non-hydrogen) atoms. The van der Waals surface area contributed by atoms with Gasteiger partial charge < -0.3 is 20.1 Å². The molecule has 0 unspecified atom stereocenters. The van der Waals surface area contributed by atoms with Crippen molar-refractivity contribution in [1.82, 2.24) is 15.5 Å². The highest BCUT2D eigenvalue weighted by molar-refractivity contribution is 5.73. The topological polar surface area (TPSA) is 62.8 Å². The lowest BCUT2D eigenvalue weighted by Gasteiger charge is -2.32. The number of piperidine rings is 1. The van der Waals surface area contributed by atoms with E-state index in [0.29, 0.717) is 50.5 Å². The third-order valence-corrected chi connectivity index (χ3v) is 4.56. The first kappa shape index (κ1) is 21.1. The van der Waals surface area contributed by atoms with Crippen LogP contribution < -0.4 is 20.1 Å². The first-order valence-corrected chi connectivity index (χ1v) is 8.82. The predicted molar refractivity (Wildman–Crippen MR) is 95.0 cm³/mol. The summed E-state index contributed by atoms with van der Waals surface area (Å²) in [6, 6.07) is 5.08. The molecule has 152 valence electrons. The number of hydrogen-bond donors (Lipinski definition) is 2. The maximum Gasteiger partial charge on any atom is 0.401 e. The highest BCUT2D eigenvalue weighted by Gasteiger charge is 2.32. The number of halogens is 3. The molecule has 1 fully saturated rings. The van der Waals surface area contributed by atoms with E-state index in [1.807, 2.05) is 6.07 Å². The molecule has 0 saturated carbocycles. The molecule has 0 radical (unpaired) electrons. The van der Waals surface area contributed by atoms with E-state index in [0.717, 1.165) is 5.56 Å². The normalized spacial score (nSPS) is 16.0. The molecule has 0 atom stereocenters. The molecular weight excluding hydrogens is 363 g/mol. The Labute approximate surface area is 157 Å². The highest BCUT2D eigenvalue weighted by atomic mass is 19.4. The van der Waals surface area contributed by atoms with Crippen molar-refractivity contribution < 1.29 is 27.4 Å². The molecule has 1 aromatic carbocycles. The van der Waals surface area contributed by atoms with E-state index >= 15 is 0 Å². The maximum absolute atomic E-state index is 12.4. The van der Waals surface area contributed by atoms with Crippen molar-refractivity contribution in [2.45, 2.75) is 25.6 Å². The van der Waals surface area contributed by atoms with Crippen LogP contribution in [0.4, 0.5) is 18.0 Å². The summed E-state index contributed by atoms with van der Waals surface area (Å²) in [6.07, 6.45) is -2.87. The van der Waals surface area contributed by atoms with Crippen molar-refractivity contribution in [3.8, 4) is 11.5 Å². The van der Waals surface area contributed by atoms with E-state index in [-0.39, 0.29) is 11.9 Å². The number of methoxy groups -OCH3 is 2. The zero-order valence-corrected chi connectivity index (χ0v) is 15.6. The standard InChI is InChI=1S/C18H26F3N3O3/c1-26-15-4-3-14(9-16(15)27-2)11-23-17(25)22-10-13-5-7-24(8-6-13)12-18(19,20)21/h3-4,9,13H,5-8,10-12H2,1-2H3,(H2,22,23,25). The Kier molecular flexibility index (Phi) is 7.58. The van der Waals surface area contributed by atoms with Crippen molar-refractivity contribution in [3.63, 3.8) is 0 Å². The van der Waals surface area contributed by atoms with Gasteiger partial charge in [-0.2, -0.15) is 13.2 Å². The van der Waals surface area contributed by atoms with Gasteiger partial charge in [0.15, 0.2) is 11.5 Å². The molecule has 2 rings (SSSR count). The van der Waals surface area contributed by atoms with Crippen molar-refractivity contribution in [3.05, 3.63) is 23.8 Å². The van der Waals surface area contributed by atoms with Crippen LogP contribution in [-0.2, 0) is 6.54 Å². The third kappa shape index (κ3) is 7.16. The van der Waals surface area contributed by atoms with Crippen LogP contribution in [0.2, 0.25) is 0 Å². The quantitative estimate of drug-likeness (QED) is 0.753. The van der Waals surface area contributed by atoms with Gasteiger partial charge in [-0.25, -0.2) is 4.79 Å². The zero-order chi connectivity index (χ0) is 19.9. The first-order chi connectivity index (χ1) is 12.8. The van der Waals surface area contributed by atoms with Crippen LogP contribution in [0, 0.1) is 5.92 Å². The third-order valence-electron chi connectivity index (χ3n) is 4.56. The van der Waals surface area contributed by atoms with Crippen LogP contribution in [0.1, 0.15) is 18.4 Å². The van der Waals surface area contributed by atoms with Gasteiger partial charge >= 0.3 is 12.2 Å². The average molecular weight is 389 g/mol. The Morgan fingerprint density at radius 2 is 1.81 bits per heavy atom. The molecule has 0 aliphatic carbocycles. The van der Waals surface area contributed by atoms with E-state index in [1.54, 1.807) is 26.4 Å². The molecule has 2 N–H and O–H groups in total. The van der Waals surface area contributed by atoms with E-state index in [9.17, 15) is 18.0 Å². The minimum Gasteiger partial charge on any atom is -0.493 e. The zero-order valence-electron chi connectivity index (χ0n) is 15.6. The fraction of sp³-hybridized carbons (Fsp3) is 0.611. The molecule has 0 bridgehead atoms. The van der Waals surface area contributed by atoms with Gasteiger partial charge in [0.05, 0.1) is 20.8 Å². The second kappa shape index (κ2) is 9.68. The minimum absolute atomic E-state index is 0.196. The lowest BCUT2D eigenvalue weighted by Crippen LogP contribution is -2.44. The van der Waals surface area contributed by atoms with E-state index in [1.165, 1.54) is 4.90 Å². The molecule has 0 spiro atoms. The molecule has 0 aromatic heterocycles. The lowest BCUT2D eigenvalue weighted by atomic mass is 9.97. The van der Waals surface area contributed by atoms with Gasteiger partial charge in [-0.3, -0.25) is 4.90 Å². The molecule has 1 saturated heterocycles. The second-order valence-corrected chi connectivity index (χ2v) is 6.59. The molecular formula is C18H26F3N3O3. The molecule has 2 amide bonds. The van der Waals surface area contributed by atoms with Crippen LogP contribution in [0.3, 0.4) is 0 Å². The number of alkyl halides is 3. The highest BCUT2D eigenvalue weighted by Crippen LogP contribution is 2.27. The number of amides is 2. The van der Waals surface area contributed by atoms with E-state index in [2.05, 4.69) is 10.6 Å². The molecule has 1 aliphatic rings. The van der Waals surface area contributed by atoms with Crippen molar-refractivity contribution in [2.75, 3.05) is 40.4 Å². The average Bonchev–Trinajstić information content (AvgIpc) is 2.64. The maximum atomic E-state index is 12.4. The molecule has 1 heterocycles. The fourth-order valence-corrected chi connectivity index (χ4v) is 3.07. The number of carbonyl (C=O) groups is 1. The summed E-state index contributed by atoms with van der Waals surface area (Å²) in [5.41, 5.74) is 0.864. The Hall–Kier alpha value is -2.16. The van der Waals surface area contributed by atoms with Gasteiger partial charge in [-0.15, -0.1) is 0 Å². The van der Waals surface area contributed by atoms with Crippen LogP contribution >= 0.6 is 0 Å². The van der Waals surface area contributed by atoms with Crippen LogP contribution in [-0.4, -0.2) is 57.5 Å². The molecule has 1 aromatic rings. The first-order valence-electron chi connectivity index (χ1n) is 8.82. The summed E-state index contributed by atoms with van der Waals surface area (Å²) in [7, 11) is 3.10. The summed E-state index contributed by atoms with van der Waals surface area (Å²) in [5, 5.41) is 5.55. The van der Waals surface area contributed by atoms with Crippen molar-refractivity contribution in [2.24, 2.45) is 5.92 Å². The van der Waals surface area contributed by atoms with Crippen LogP contribution in [0.25, 0.3) is 0 Å². The van der Waals surface area contributed by atoms with Crippen molar-refractivity contribution >= 4 is 6.03 Å². The number of ether oxygens (including phenoxy) is 2. The predicted octanol–water partition coefficient (Wildman–Crippen LogP) is 2.78. The molecule has 9 heteroatoms.